The van der Waals surface area contributed by atoms with Crippen molar-refractivity contribution in [1.82, 2.24) is 4.98 Å². The highest BCUT2D eigenvalue weighted by Crippen LogP contribution is 2.26. The molecule has 1 N–H and O–H groups in total. The third-order valence-electron chi connectivity index (χ3n) is 2.18. The van der Waals surface area contributed by atoms with Crippen LogP contribution in [0.5, 0.6) is 0 Å². The molecule has 0 aliphatic rings. The molecule has 0 amide bonds. The molecule has 0 bridgehead atoms. The molecule has 4 nitrogen and oxygen atoms in total. The molecular formula is C10H7NO3. The SMILES string of the molecule is OCc1cc2c(ncc3ccoc32)o1. The number of hydrogen-bond acceptors (Lipinski definition) is 4. The topological polar surface area (TPSA) is 59.4 Å². The zero-order valence-corrected chi connectivity index (χ0v) is 7.23. The van der Waals surface area contributed by atoms with E-state index in [9.17, 15) is 0 Å². The number of rotatable bonds is 1. The Bertz CT molecular complexity index is 593. The van der Waals surface area contributed by atoms with E-state index in [1.807, 2.05) is 6.07 Å². The maximum absolute atomic E-state index is 8.91. The van der Waals surface area contributed by atoms with Crippen molar-refractivity contribution in [1.29, 1.82) is 0 Å². The predicted molar refractivity (Wildman–Crippen MR) is 49.7 cm³/mol. The normalized spacial score (nSPS) is 11.5. The van der Waals surface area contributed by atoms with Gasteiger partial charge in [0.05, 0.1) is 11.6 Å². The molecule has 70 valence electrons. The number of furan rings is 2. The van der Waals surface area contributed by atoms with Gasteiger partial charge in [-0.3, -0.25) is 0 Å². The van der Waals surface area contributed by atoms with Crippen LogP contribution in [0.1, 0.15) is 5.76 Å². The smallest absolute Gasteiger partial charge is 0.230 e. The molecule has 0 aliphatic carbocycles. The Morgan fingerprint density at radius 2 is 2.36 bits per heavy atom. The van der Waals surface area contributed by atoms with Crippen molar-refractivity contribution < 1.29 is 13.9 Å². The minimum Gasteiger partial charge on any atom is -0.463 e. The fourth-order valence-electron chi connectivity index (χ4n) is 1.54. The van der Waals surface area contributed by atoms with Gasteiger partial charge in [-0.05, 0) is 12.1 Å². The van der Waals surface area contributed by atoms with Gasteiger partial charge < -0.3 is 13.9 Å². The zero-order chi connectivity index (χ0) is 9.54. The van der Waals surface area contributed by atoms with Crippen LogP contribution in [0.25, 0.3) is 22.1 Å². The summed E-state index contributed by atoms with van der Waals surface area (Å²) in [6.07, 6.45) is 3.29. The van der Waals surface area contributed by atoms with E-state index >= 15 is 0 Å². The maximum atomic E-state index is 8.91. The van der Waals surface area contributed by atoms with Gasteiger partial charge in [0.1, 0.15) is 18.0 Å². The monoisotopic (exact) mass is 189 g/mol. The summed E-state index contributed by atoms with van der Waals surface area (Å²) in [6.45, 7) is -0.126. The lowest BCUT2D eigenvalue weighted by atomic mass is 10.2. The second-order valence-electron chi connectivity index (χ2n) is 3.05. The molecule has 14 heavy (non-hydrogen) atoms. The standard InChI is InChI=1S/C10H7NO3/c12-5-7-3-8-9-6(1-2-13-9)4-11-10(8)14-7/h1-4,12H,5H2. The van der Waals surface area contributed by atoms with Crippen LogP contribution in [0.3, 0.4) is 0 Å². The number of aromatic nitrogens is 1. The lowest BCUT2D eigenvalue weighted by Gasteiger charge is -1.87. The molecule has 0 aliphatic heterocycles. The highest BCUT2D eigenvalue weighted by Gasteiger charge is 2.09. The van der Waals surface area contributed by atoms with Crippen LogP contribution in [0.15, 0.2) is 33.4 Å². The lowest BCUT2D eigenvalue weighted by molar-refractivity contribution is 0.250. The molecule has 3 heterocycles. The van der Waals surface area contributed by atoms with Gasteiger partial charge >= 0.3 is 0 Å². The van der Waals surface area contributed by atoms with Gasteiger partial charge in [0.25, 0.3) is 0 Å². The molecule has 0 unspecified atom stereocenters. The average Bonchev–Trinajstić information content (AvgIpc) is 2.82. The lowest BCUT2D eigenvalue weighted by Crippen LogP contribution is -1.73. The second-order valence-corrected chi connectivity index (χ2v) is 3.05. The van der Waals surface area contributed by atoms with Gasteiger partial charge in [-0.15, -0.1) is 0 Å². The molecule has 3 rings (SSSR count). The average molecular weight is 189 g/mol. The predicted octanol–water partition coefficient (Wildman–Crippen LogP) is 2.07. The van der Waals surface area contributed by atoms with Crippen LogP contribution in [0.2, 0.25) is 0 Å². The number of hydrogen-bond donors (Lipinski definition) is 1. The van der Waals surface area contributed by atoms with Crippen LogP contribution in [0, 0.1) is 0 Å². The molecule has 4 heteroatoms. The van der Waals surface area contributed by atoms with Gasteiger partial charge in [0, 0.05) is 11.6 Å². The van der Waals surface area contributed by atoms with Gasteiger partial charge in [0.2, 0.25) is 5.71 Å². The van der Waals surface area contributed by atoms with E-state index in [0.717, 1.165) is 16.4 Å². The zero-order valence-electron chi connectivity index (χ0n) is 7.23. The summed E-state index contributed by atoms with van der Waals surface area (Å²) in [5.74, 6) is 0.497. The third-order valence-corrected chi connectivity index (χ3v) is 2.18. The fraction of sp³-hybridized carbons (Fsp3) is 0.100. The fourth-order valence-corrected chi connectivity index (χ4v) is 1.54. The number of aliphatic hydroxyl groups excluding tert-OH is 1. The van der Waals surface area contributed by atoms with Crippen molar-refractivity contribution in [2.45, 2.75) is 6.61 Å². The molecule has 0 spiro atoms. The Kier molecular flexibility index (Phi) is 1.40. The first kappa shape index (κ1) is 7.58. The van der Waals surface area contributed by atoms with Crippen LogP contribution in [0.4, 0.5) is 0 Å². The van der Waals surface area contributed by atoms with Crippen LogP contribution >= 0.6 is 0 Å². The van der Waals surface area contributed by atoms with E-state index in [1.165, 1.54) is 0 Å². The Morgan fingerprint density at radius 3 is 3.21 bits per heavy atom. The second kappa shape index (κ2) is 2.59. The minimum atomic E-state index is -0.126. The highest BCUT2D eigenvalue weighted by molar-refractivity contribution is 6.00. The van der Waals surface area contributed by atoms with Crippen molar-refractivity contribution >= 4 is 22.1 Å². The molecule has 0 atom stereocenters. The molecule has 0 radical (unpaired) electrons. The van der Waals surface area contributed by atoms with Crippen molar-refractivity contribution in [3.63, 3.8) is 0 Å². The highest BCUT2D eigenvalue weighted by atomic mass is 16.4. The van der Waals surface area contributed by atoms with E-state index in [1.54, 1.807) is 18.5 Å². The molecule has 3 aromatic heterocycles. The van der Waals surface area contributed by atoms with E-state index in [2.05, 4.69) is 4.98 Å². The van der Waals surface area contributed by atoms with Gasteiger partial charge in [0.15, 0.2) is 0 Å². The molecule has 0 saturated carbocycles. The van der Waals surface area contributed by atoms with Crippen molar-refractivity contribution in [2.24, 2.45) is 0 Å². The molecule has 0 fully saturated rings. The van der Waals surface area contributed by atoms with E-state index < -0.39 is 0 Å². The molecule has 0 saturated heterocycles. The van der Waals surface area contributed by atoms with Crippen molar-refractivity contribution in [2.75, 3.05) is 0 Å². The van der Waals surface area contributed by atoms with Gasteiger partial charge in [-0.1, -0.05) is 0 Å². The summed E-state index contributed by atoms with van der Waals surface area (Å²) in [6, 6.07) is 3.58. The van der Waals surface area contributed by atoms with Crippen molar-refractivity contribution in [3.05, 3.63) is 30.4 Å². The van der Waals surface area contributed by atoms with E-state index in [4.69, 9.17) is 13.9 Å². The molecular weight excluding hydrogens is 182 g/mol. The number of aliphatic hydroxyl groups is 1. The minimum absolute atomic E-state index is 0.126. The van der Waals surface area contributed by atoms with Gasteiger partial charge in [-0.25, -0.2) is 4.98 Å². The number of nitrogens with zero attached hydrogens (tertiary/aromatic N) is 1. The van der Waals surface area contributed by atoms with Crippen LogP contribution < -0.4 is 0 Å². The Morgan fingerprint density at radius 1 is 1.43 bits per heavy atom. The summed E-state index contributed by atoms with van der Waals surface area (Å²) in [5, 5.41) is 10.6. The summed E-state index contributed by atoms with van der Waals surface area (Å²) in [4.78, 5) is 4.11. The Hall–Kier alpha value is -1.81. The first-order valence-electron chi connectivity index (χ1n) is 4.24. The molecule has 3 aromatic rings. The first-order valence-corrected chi connectivity index (χ1v) is 4.24. The molecule has 0 aromatic carbocycles. The third kappa shape index (κ3) is 0.885. The summed E-state index contributed by atoms with van der Waals surface area (Å²) in [7, 11) is 0. The number of fused-ring (bicyclic) bond motifs is 3. The van der Waals surface area contributed by atoms with Crippen molar-refractivity contribution in [3.8, 4) is 0 Å². The quantitative estimate of drug-likeness (QED) is 0.636. The van der Waals surface area contributed by atoms with E-state index in [0.29, 0.717) is 11.5 Å². The largest absolute Gasteiger partial charge is 0.463 e. The summed E-state index contributed by atoms with van der Waals surface area (Å²) in [5.41, 5.74) is 1.25. The Balaban J connectivity index is 2.49. The Labute approximate surface area is 78.8 Å². The van der Waals surface area contributed by atoms with Crippen LogP contribution in [-0.2, 0) is 6.61 Å². The van der Waals surface area contributed by atoms with Crippen LogP contribution in [-0.4, -0.2) is 10.1 Å². The van der Waals surface area contributed by atoms with Gasteiger partial charge in [-0.2, -0.15) is 0 Å². The number of pyridine rings is 1. The summed E-state index contributed by atoms with van der Waals surface area (Å²) >= 11 is 0. The first-order chi connectivity index (χ1) is 6.88. The summed E-state index contributed by atoms with van der Waals surface area (Å²) < 4.78 is 10.6. The maximum Gasteiger partial charge on any atom is 0.230 e. The van der Waals surface area contributed by atoms with E-state index in [-0.39, 0.29) is 6.61 Å².